The summed E-state index contributed by atoms with van der Waals surface area (Å²) < 4.78 is 33.7. The molecule has 1 aromatic rings. The standard InChI is InChI=1S/C17H27N3O4S/c1-19-13-15(25(22,23)20-8-10-24-11-9-20)12-16(19)17(21)18-14-6-4-2-3-5-7-14/h12-14H,2-11H2,1H3,(H,18,21). The summed E-state index contributed by atoms with van der Waals surface area (Å²) in [6, 6.07) is 1.67. The quantitative estimate of drug-likeness (QED) is 0.816. The van der Waals surface area contributed by atoms with Gasteiger partial charge in [0.25, 0.3) is 5.91 Å². The molecule has 0 aromatic carbocycles. The zero-order valence-corrected chi connectivity index (χ0v) is 15.6. The van der Waals surface area contributed by atoms with Gasteiger partial charge >= 0.3 is 0 Å². The van der Waals surface area contributed by atoms with Gasteiger partial charge in [-0.05, 0) is 18.9 Å². The van der Waals surface area contributed by atoms with Crippen LogP contribution in [0.4, 0.5) is 0 Å². The molecule has 25 heavy (non-hydrogen) atoms. The molecule has 2 aliphatic rings. The summed E-state index contributed by atoms with van der Waals surface area (Å²) in [5.41, 5.74) is 0.385. The summed E-state index contributed by atoms with van der Waals surface area (Å²) in [5.74, 6) is -0.196. The highest BCUT2D eigenvalue weighted by Crippen LogP contribution is 2.21. The number of hydrogen-bond acceptors (Lipinski definition) is 4. The molecule has 0 radical (unpaired) electrons. The summed E-state index contributed by atoms with van der Waals surface area (Å²) in [5, 5.41) is 3.07. The molecule has 7 nitrogen and oxygen atoms in total. The van der Waals surface area contributed by atoms with Gasteiger partial charge in [0, 0.05) is 32.4 Å². The molecule has 1 aromatic heterocycles. The van der Waals surface area contributed by atoms with Crippen molar-refractivity contribution in [2.24, 2.45) is 7.05 Å². The van der Waals surface area contributed by atoms with Crippen LogP contribution in [-0.2, 0) is 21.8 Å². The monoisotopic (exact) mass is 369 g/mol. The van der Waals surface area contributed by atoms with Crippen LogP contribution in [0.15, 0.2) is 17.2 Å². The van der Waals surface area contributed by atoms with E-state index in [2.05, 4.69) is 5.32 Å². The van der Waals surface area contributed by atoms with E-state index in [1.807, 2.05) is 0 Å². The van der Waals surface area contributed by atoms with Gasteiger partial charge in [-0.15, -0.1) is 0 Å². The number of nitrogens with zero attached hydrogens (tertiary/aromatic N) is 2. The first-order valence-electron chi connectivity index (χ1n) is 9.03. The summed E-state index contributed by atoms with van der Waals surface area (Å²) in [6.07, 6.45) is 8.22. The lowest BCUT2D eigenvalue weighted by atomic mass is 10.1. The van der Waals surface area contributed by atoms with Crippen molar-refractivity contribution < 1.29 is 17.9 Å². The largest absolute Gasteiger partial charge is 0.379 e. The normalized spacial score (nSPS) is 21.0. The third kappa shape index (κ3) is 4.24. The Morgan fingerprint density at radius 2 is 1.80 bits per heavy atom. The molecule has 3 rings (SSSR count). The van der Waals surface area contributed by atoms with Gasteiger partial charge in [-0.25, -0.2) is 8.42 Å². The molecule has 1 aliphatic carbocycles. The first-order valence-corrected chi connectivity index (χ1v) is 10.5. The Labute approximate surface area is 149 Å². The SMILES string of the molecule is Cn1cc(S(=O)(=O)N2CCOCC2)cc1C(=O)NC1CCCCCC1. The predicted molar refractivity (Wildman–Crippen MR) is 93.9 cm³/mol. The van der Waals surface area contributed by atoms with Gasteiger partial charge in [0.1, 0.15) is 10.6 Å². The highest BCUT2D eigenvalue weighted by atomic mass is 32.2. The number of amides is 1. The fraction of sp³-hybridized carbons (Fsp3) is 0.706. The van der Waals surface area contributed by atoms with Crippen LogP contribution >= 0.6 is 0 Å². The summed E-state index contributed by atoms with van der Waals surface area (Å²) in [6.45, 7) is 1.50. The van der Waals surface area contributed by atoms with E-state index in [-0.39, 0.29) is 16.8 Å². The number of hydrogen-bond donors (Lipinski definition) is 1. The van der Waals surface area contributed by atoms with Crippen molar-refractivity contribution in [3.8, 4) is 0 Å². The molecule has 2 heterocycles. The lowest BCUT2D eigenvalue weighted by Gasteiger charge is -2.25. The van der Waals surface area contributed by atoms with Crippen LogP contribution in [0.1, 0.15) is 49.0 Å². The highest BCUT2D eigenvalue weighted by Gasteiger charge is 2.29. The van der Waals surface area contributed by atoms with Gasteiger partial charge in [-0.3, -0.25) is 4.79 Å². The summed E-state index contributed by atoms with van der Waals surface area (Å²) in [7, 11) is -1.87. The average Bonchev–Trinajstić information content (AvgIpc) is 2.83. The zero-order chi connectivity index (χ0) is 17.9. The molecule has 0 atom stereocenters. The minimum absolute atomic E-state index is 0.169. The molecule has 8 heteroatoms. The van der Waals surface area contributed by atoms with E-state index in [9.17, 15) is 13.2 Å². The Morgan fingerprint density at radius 1 is 1.16 bits per heavy atom. The van der Waals surface area contributed by atoms with Gasteiger partial charge in [0.05, 0.1) is 13.2 Å². The molecular weight excluding hydrogens is 342 g/mol. The molecule has 1 amide bonds. The van der Waals surface area contributed by atoms with Crippen LogP contribution in [0.2, 0.25) is 0 Å². The Bertz CT molecular complexity index is 699. The van der Waals surface area contributed by atoms with Crippen LogP contribution in [0.25, 0.3) is 0 Å². The van der Waals surface area contributed by atoms with E-state index in [1.165, 1.54) is 29.4 Å². The third-order valence-electron chi connectivity index (χ3n) is 5.01. The maximum atomic E-state index is 12.7. The van der Waals surface area contributed by atoms with Crippen molar-refractivity contribution in [1.82, 2.24) is 14.2 Å². The minimum Gasteiger partial charge on any atom is -0.379 e. The van der Waals surface area contributed by atoms with Crippen LogP contribution < -0.4 is 5.32 Å². The molecule has 1 N–H and O–H groups in total. The van der Waals surface area contributed by atoms with E-state index in [4.69, 9.17) is 4.74 Å². The van der Waals surface area contributed by atoms with Gasteiger partial charge in [0.2, 0.25) is 10.0 Å². The minimum atomic E-state index is -3.58. The van der Waals surface area contributed by atoms with E-state index in [1.54, 1.807) is 11.6 Å². The molecule has 1 aliphatic heterocycles. The maximum absolute atomic E-state index is 12.7. The molecule has 140 valence electrons. The topological polar surface area (TPSA) is 80.6 Å². The van der Waals surface area contributed by atoms with Crippen molar-refractivity contribution >= 4 is 15.9 Å². The number of aromatic nitrogens is 1. The molecule has 0 bridgehead atoms. The van der Waals surface area contributed by atoms with Crippen LogP contribution in [0.5, 0.6) is 0 Å². The smallest absolute Gasteiger partial charge is 0.268 e. The van der Waals surface area contributed by atoms with E-state index < -0.39 is 10.0 Å². The predicted octanol–water partition coefficient (Wildman–Crippen LogP) is 1.50. The van der Waals surface area contributed by atoms with Gasteiger partial charge in [0.15, 0.2) is 0 Å². The first kappa shape index (κ1) is 18.4. The Kier molecular flexibility index (Phi) is 5.81. The second-order valence-corrected chi connectivity index (χ2v) is 8.79. The Morgan fingerprint density at radius 3 is 2.44 bits per heavy atom. The number of carbonyl (C=O) groups is 1. The second kappa shape index (κ2) is 7.88. The fourth-order valence-corrected chi connectivity index (χ4v) is 5.00. The van der Waals surface area contributed by atoms with Crippen molar-refractivity contribution in [3.63, 3.8) is 0 Å². The number of rotatable bonds is 4. The second-order valence-electron chi connectivity index (χ2n) is 6.85. The summed E-state index contributed by atoms with van der Waals surface area (Å²) >= 11 is 0. The highest BCUT2D eigenvalue weighted by molar-refractivity contribution is 7.89. The lowest BCUT2D eigenvalue weighted by Crippen LogP contribution is -2.40. The maximum Gasteiger partial charge on any atom is 0.268 e. The van der Waals surface area contributed by atoms with Crippen molar-refractivity contribution in [1.29, 1.82) is 0 Å². The van der Waals surface area contributed by atoms with Crippen molar-refractivity contribution in [2.75, 3.05) is 26.3 Å². The third-order valence-corrected chi connectivity index (χ3v) is 6.87. The molecule has 0 unspecified atom stereocenters. The van der Waals surface area contributed by atoms with Crippen molar-refractivity contribution in [2.45, 2.75) is 49.5 Å². The van der Waals surface area contributed by atoms with E-state index in [0.717, 1.165) is 25.7 Å². The number of nitrogens with one attached hydrogen (secondary N) is 1. The van der Waals surface area contributed by atoms with Crippen LogP contribution in [-0.4, -0.2) is 55.5 Å². The van der Waals surface area contributed by atoms with Crippen LogP contribution in [0, 0.1) is 0 Å². The molecule has 0 spiro atoms. The number of aryl methyl sites for hydroxylation is 1. The van der Waals surface area contributed by atoms with Crippen molar-refractivity contribution in [3.05, 3.63) is 18.0 Å². The molecule has 1 saturated heterocycles. The van der Waals surface area contributed by atoms with Gasteiger partial charge in [-0.1, -0.05) is 25.7 Å². The first-order chi connectivity index (χ1) is 12.0. The summed E-state index contributed by atoms with van der Waals surface area (Å²) in [4.78, 5) is 12.8. The zero-order valence-electron chi connectivity index (χ0n) is 14.7. The van der Waals surface area contributed by atoms with Gasteiger partial charge < -0.3 is 14.6 Å². The van der Waals surface area contributed by atoms with E-state index >= 15 is 0 Å². The molecule has 1 saturated carbocycles. The van der Waals surface area contributed by atoms with Gasteiger partial charge in [-0.2, -0.15) is 4.31 Å². The molecular formula is C17H27N3O4S. The lowest BCUT2D eigenvalue weighted by molar-refractivity contribution is 0.0730. The van der Waals surface area contributed by atoms with E-state index in [0.29, 0.717) is 32.0 Å². The number of morpholine rings is 1. The average molecular weight is 369 g/mol. The number of sulfonamides is 1. The number of ether oxygens (including phenoxy) is 1. The number of carbonyl (C=O) groups excluding carboxylic acids is 1. The Hall–Kier alpha value is -1.38. The Balaban J connectivity index is 1.73. The fourth-order valence-electron chi connectivity index (χ4n) is 3.52. The molecule has 2 fully saturated rings. The van der Waals surface area contributed by atoms with Crippen LogP contribution in [0.3, 0.4) is 0 Å².